The number of hydrogen-bond acceptors (Lipinski definition) is 4. The first-order chi connectivity index (χ1) is 8.29. The minimum Gasteiger partial charge on any atom is -0.497 e. The van der Waals surface area contributed by atoms with Gasteiger partial charge in [0.1, 0.15) is 5.75 Å². The summed E-state index contributed by atoms with van der Waals surface area (Å²) in [6, 6.07) is 7.56. The molecule has 4 heteroatoms. The van der Waals surface area contributed by atoms with Gasteiger partial charge in [-0.3, -0.25) is 4.90 Å². The van der Waals surface area contributed by atoms with E-state index in [2.05, 4.69) is 4.90 Å². The molecule has 4 nitrogen and oxygen atoms in total. The first-order valence-corrected chi connectivity index (χ1v) is 5.91. The molecule has 1 fully saturated rings. The van der Waals surface area contributed by atoms with Crippen LogP contribution in [0.2, 0.25) is 0 Å². The van der Waals surface area contributed by atoms with E-state index in [1.165, 1.54) is 0 Å². The average molecular weight is 237 g/mol. The van der Waals surface area contributed by atoms with Crippen molar-refractivity contribution in [3.05, 3.63) is 29.8 Å². The minimum atomic E-state index is -0.445. The van der Waals surface area contributed by atoms with Crippen LogP contribution in [0.25, 0.3) is 0 Å². The number of β-amino-alcohol motifs (C(OH)–C–C–N with tert-alkyl or cyclic N) is 1. The highest BCUT2D eigenvalue weighted by atomic mass is 16.5. The first-order valence-electron chi connectivity index (χ1n) is 5.91. The van der Waals surface area contributed by atoms with Gasteiger partial charge in [-0.2, -0.15) is 0 Å². The molecule has 0 amide bonds. The van der Waals surface area contributed by atoms with Crippen molar-refractivity contribution in [2.75, 3.05) is 40.0 Å². The number of aliphatic hydroxyl groups is 1. The van der Waals surface area contributed by atoms with Gasteiger partial charge in [-0.25, -0.2) is 0 Å². The average Bonchev–Trinajstić information content (AvgIpc) is 2.40. The van der Waals surface area contributed by atoms with Crippen molar-refractivity contribution in [1.82, 2.24) is 4.90 Å². The quantitative estimate of drug-likeness (QED) is 0.850. The third-order valence-electron chi connectivity index (χ3n) is 3.04. The Bertz CT molecular complexity index is 333. The molecule has 2 rings (SSSR count). The van der Waals surface area contributed by atoms with Crippen LogP contribution >= 0.6 is 0 Å². The predicted molar refractivity (Wildman–Crippen MR) is 65.2 cm³/mol. The molecule has 1 aliphatic heterocycles. The summed E-state index contributed by atoms with van der Waals surface area (Å²) in [6.45, 7) is 3.97. The van der Waals surface area contributed by atoms with E-state index in [-0.39, 0.29) is 0 Å². The zero-order chi connectivity index (χ0) is 12.1. The SMILES string of the molecule is COc1ccc(C(O)CN2CCOCC2)cc1. The molecule has 1 aromatic carbocycles. The van der Waals surface area contributed by atoms with Crippen LogP contribution in [0.1, 0.15) is 11.7 Å². The highest BCUT2D eigenvalue weighted by molar-refractivity contribution is 5.28. The van der Waals surface area contributed by atoms with Gasteiger partial charge in [0.05, 0.1) is 26.4 Å². The molecule has 0 saturated carbocycles. The fourth-order valence-corrected chi connectivity index (χ4v) is 1.96. The number of aliphatic hydroxyl groups excluding tert-OH is 1. The summed E-state index contributed by atoms with van der Waals surface area (Å²) in [7, 11) is 1.64. The lowest BCUT2D eigenvalue weighted by Crippen LogP contribution is -2.38. The number of hydrogen-bond donors (Lipinski definition) is 1. The number of morpholine rings is 1. The maximum absolute atomic E-state index is 10.1. The first kappa shape index (κ1) is 12.4. The molecule has 1 N–H and O–H groups in total. The van der Waals surface area contributed by atoms with Crippen molar-refractivity contribution in [1.29, 1.82) is 0 Å². The van der Waals surface area contributed by atoms with E-state index in [1.807, 2.05) is 24.3 Å². The van der Waals surface area contributed by atoms with Gasteiger partial charge in [0, 0.05) is 19.6 Å². The van der Waals surface area contributed by atoms with Crippen LogP contribution in [0.4, 0.5) is 0 Å². The number of methoxy groups -OCH3 is 1. The maximum atomic E-state index is 10.1. The van der Waals surface area contributed by atoms with Gasteiger partial charge in [0.15, 0.2) is 0 Å². The Balaban J connectivity index is 1.91. The van der Waals surface area contributed by atoms with Crippen LogP contribution in [0, 0.1) is 0 Å². The molecule has 0 aliphatic carbocycles. The van der Waals surface area contributed by atoms with Crippen molar-refractivity contribution in [3.8, 4) is 5.75 Å². The lowest BCUT2D eigenvalue weighted by Gasteiger charge is -2.28. The van der Waals surface area contributed by atoms with E-state index >= 15 is 0 Å². The third-order valence-corrected chi connectivity index (χ3v) is 3.04. The second-order valence-electron chi connectivity index (χ2n) is 4.20. The summed E-state index contributed by atoms with van der Waals surface area (Å²) in [6.07, 6.45) is -0.445. The summed E-state index contributed by atoms with van der Waals surface area (Å²) in [5, 5.41) is 10.1. The normalized spacial score (nSPS) is 18.9. The fraction of sp³-hybridized carbons (Fsp3) is 0.538. The Morgan fingerprint density at radius 2 is 1.94 bits per heavy atom. The third kappa shape index (κ3) is 3.43. The highest BCUT2D eigenvalue weighted by Gasteiger charge is 2.15. The molecule has 0 aromatic heterocycles. The van der Waals surface area contributed by atoms with E-state index in [9.17, 15) is 5.11 Å². The standard InChI is InChI=1S/C13H19NO3/c1-16-12-4-2-11(3-5-12)13(15)10-14-6-8-17-9-7-14/h2-5,13,15H,6-10H2,1H3. The molecule has 0 radical (unpaired) electrons. The molecule has 1 aliphatic rings. The predicted octanol–water partition coefficient (Wildman–Crippen LogP) is 1.06. The number of nitrogens with zero attached hydrogens (tertiary/aromatic N) is 1. The van der Waals surface area contributed by atoms with Crippen LogP contribution in [0.15, 0.2) is 24.3 Å². The smallest absolute Gasteiger partial charge is 0.118 e. The Labute approximate surface area is 102 Å². The van der Waals surface area contributed by atoms with Gasteiger partial charge >= 0.3 is 0 Å². The van der Waals surface area contributed by atoms with Crippen molar-refractivity contribution in [3.63, 3.8) is 0 Å². The maximum Gasteiger partial charge on any atom is 0.118 e. The Hall–Kier alpha value is -1.10. The Morgan fingerprint density at radius 1 is 1.29 bits per heavy atom. The summed E-state index contributed by atoms with van der Waals surface area (Å²) >= 11 is 0. The van der Waals surface area contributed by atoms with Gasteiger partial charge in [0.25, 0.3) is 0 Å². The number of benzene rings is 1. The Kier molecular flexibility index (Phi) is 4.36. The van der Waals surface area contributed by atoms with E-state index in [0.717, 1.165) is 37.6 Å². The Morgan fingerprint density at radius 3 is 2.53 bits per heavy atom. The minimum absolute atomic E-state index is 0.445. The molecule has 1 atom stereocenters. The second-order valence-corrected chi connectivity index (χ2v) is 4.20. The van der Waals surface area contributed by atoms with Crippen LogP contribution in [-0.2, 0) is 4.74 Å². The zero-order valence-corrected chi connectivity index (χ0v) is 10.1. The molecule has 1 heterocycles. The van der Waals surface area contributed by atoms with E-state index in [0.29, 0.717) is 6.54 Å². The lowest BCUT2D eigenvalue weighted by molar-refractivity contribution is 0.0143. The van der Waals surface area contributed by atoms with Crippen LogP contribution in [0.3, 0.4) is 0 Å². The van der Waals surface area contributed by atoms with Crippen molar-refractivity contribution in [2.24, 2.45) is 0 Å². The summed E-state index contributed by atoms with van der Waals surface area (Å²) < 4.78 is 10.4. The van der Waals surface area contributed by atoms with Crippen molar-refractivity contribution in [2.45, 2.75) is 6.10 Å². The van der Waals surface area contributed by atoms with Gasteiger partial charge in [-0.1, -0.05) is 12.1 Å². The van der Waals surface area contributed by atoms with E-state index < -0.39 is 6.10 Å². The summed E-state index contributed by atoms with van der Waals surface area (Å²) in [5.74, 6) is 0.812. The molecule has 17 heavy (non-hydrogen) atoms. The molecule has 1 aromatic rings. The molecular weight excluding hydrogens is 218 g/mol. The topological polar surface area (TPSA) is 41.9 Å². The van der Waals surface area contributed by atoms with Crippen molar-refractivity contribution < 1.29 is 14.6 Å². The van der Waals surface area contributed by atoms with E-state index in [1.54, 1.807) is 7.11 Å². The lowest BCUT2D eigenvalue weighted by atomic mass is 10.1. The van der Waals surface area contributed by atoms with E-state index in [4.69, 9.17) is 9.47 Å². The molecule has 94 valence electrons. The number of ether oxygens (including phenoxy) is 2. The second kappa shape index (κ2) is 6.00. The van der Waals surface area contributed by atoms with Crippen LogP contribution < -0.4 is 4.74 Å². The van der Waals surface area contributed by atoms with Crippen molar-refractivity contribution >= 4 is 0 Å². The summed E-state index contributed by atoms with van der Waals surface area (Å²) in [5.41, 5.74) is 0.928. The zero-order valence-electron chi connectivity index (χ0n) is 10.1. The van der Waals surface area contributed by atoms with Crippen LogP contribution in [0.5, 0.6) is 5.75 Å². The molecule has 1 saturated heterocycles. The summed E-state index contributed by atoms with van der Waals surface area (Å²) in [4.78, 5) is 2.22. The van der Waals surface area contributed by atoms with Gasteiger partial charge in [-0.05, 0) is 17.7 Å². The molecule has 1 unspecified atom stereocenters. The largest absolute Gasteiger partial charge is 0.497 e. The molecule has 0 bridgehead atoms. The van der Waals surface area contributed by atoms with Gasteiger partial charge in [0.2, 0.25) is 0 Å². The van der Waals surface area contributed by atoms with Gasteiger partial charge in [-0.15, -0.1) is 0 Å². The monoisotopic (exact) mass is 237 g/mol. The fourth-order valence-electron chi connectivity index (χ4n) is 1.96. The number of rotatable bonds is 4. The van der Waals surface area contributed by atoms with Crippen LogP contribution in [-0.4, -0.2) is 50.0 Å². The molecular formula is C13H19NO3. The molecule has 0 spiro atoms. The highest BCUT2D eigenvalue weighted by Crippen LogP contribution is 2.18. The van der Waals surface area contributed by atoms with Gasteiger partial charge < -0.3 is 14.6 Å².